The number of rotatable bonds is 8. The van der Waals surface area contributed by atoms with Crippen molar-refractivity contribution in [3.8, 4) is 0 Å². The lowest BCUT2D eigenvalue weighted by Gasteiger charge is -2.23. The van der Waals surface area contributed by atoms with E-state index in [1.807, 2.05) is 20.0 Å². The van der Waals surface area contributed by atoms with E-state index in [2.05, 4.69) is 23.8 Å². The minimum absolute atomic E-state index is 0.126. The summed E-state index contributed by atoms with van der Waals surface area (Å²) in [5.41, 5.74) is 6.84. The van der Waals surface area contributed by atoms with Gasteiger partial charge >= 0.3 is 0 Å². The van der Waals surface area contributed by atoms with E-state index in [-0.39, 0.29) is 11.0 Å². The molecule has 0 aliphatic heterocycles. The predicted molar refractivity (Wildman–Crippen MR) is 102 cm³/mol. The van der Waals surface area contributed by atoms with Gasteiger partial charge in [0.05, 0.1) is 0 Å². The molecule has 1 aromatic heterocycles. The highest BCUT2D eigenvalue weighted by Gasteiger charge is 2.30. The molecule has 2 rings (SSSR count). The number of aromatic nitrogens is 2. The predicted octanol–water partition coefficient (Wildman–Crippen LogP) is 4.61. The Bertz CT molecular complexity index is 495. The molecular formula is C19H36N4O2. The van der Waals surface area contributed by atoms with Crippen LogP contribution in [0.2, 0.25) is 0 Å². The number of nitrogens with zero attached hydrogens (tertiary/aromatic N) is 2. The second-order valence-electron chi connectivity index (χ2n) is 7.00. The van der Waals surface area contributed by atoms with E-state index < -0.39 is 0 Å². The zero-order valence-corrected chi connectivity index (χ0v) is 16.3. The number of H-pyrrole nitrogens is 1. The van der Waals surface area contributed by atoms with Crippen LogP contribution in [0.3, 0.4) is 0 Å². The zero-order valence-electron chi connectivity index (χ0n) is 16.3. The largest absolute Gasteiger partial charge is 0.345 e. The molecule has 1 aliphatic carbocycles. The first-order chi connectivity index (χ1) is 12.0. The molecule has 6 heteroatoms. The van der Waals surface area contributed by atoms with Gasteiger partial charge in [-0.1, -0.05) is 34.1 Å². The molecule has 1 saturated carbocycles. The maximum atomic E-state index is 10.9. The molecule has 3 N–H and O–H groups in total. The average Bonchev–Trinajstić information content (AvgIpc) is 3.13. The molecule has 2 atom stereocenters. The summed E-state index contributed by atoms with van der Waals surface area (Å²) in [4.78, 5) is 18.8. The van der Waals surface area contributed by atoms with Crippen molar-refractivity contribution in [1.29, 1.82) is 0 Å². The number of hydrogen-bond donors (Lipinski definition) is 2. The van der Waals surface area contributed by atoms with Crippen molar-refractivity contribution in [2.45, 2.75) is 90.5 Å². The van der Waals surface area contributed by atoms with Gasteiger partial charge in [0.25, 0.3) is 0 Å². The Labute approximate surface area is 152 Å². The fraction of sp³-hybridized carbons (Fsp3) is 0.842. The van der Waals surface area contributed by atoms with Crippen molar-refractivity contribution in [3.63, 3.8) is 0 Å². The minimum atomic E-state index is -0.353. The third-order valence-corrected chi connectivity index (χ3v) is 5.36. The first-order valence-electron chi connectivity index (χ1n) is 9.93. The molecule has 1 heterocycles. The van der Waals surface area contributed by atoms with Crippen LogP contribution in [-0.2, 0) is 0 Å². The first-order valence-corrected chi connectivity index (χ1v) is 9.93. The van der Waals surface area contributed by atoms with Crippen LogP contribution in [0.15, 0.2) is 6.20 Å². The summed E-state index contributed by atoms with van der Waals surface area (Å²) in [5.74, 6) is 2.49. The Balaban J connectivity index is 0.00000151. The van der Waals surface area contributed by atoms with Crippen molar-refractivity contribution in [2.75, 3.05) is 6.54 Å². The Hall–Kier alpha value is -1.43. The summed E-state index contributed by atoms with van der Waals surface area (Å²) in [6, 6.07) is -0.353. The van der Waals surface area contributed by atoms with E-state index in [0.29, 0.717) is 30.6 Å². The maximum absolute atomic E-state index is 10.9. The number of hydrogen-bond acceptors (Lipinski definition) is 4. The smallest absolute Gasteiger partial charge is 0.213 e. The Morgan fingerprint density at radius 1 is 1.36 bits per heavy atom. The molecule has 1 fully saturated rings. The quantitative estimate of drug-likeness (QED) is 0.527. The maximum Gasteiger partial charge on any atom is 0.213 e. The molecule has 1 unspecified atom stereocenters. The van der Waals surface area contributed by atoms with E-state index in [0.717, 1.165) is 50.2 Å². The molecule has 0 amide bonds. The van der Waals surface area contributed by atoms with Gasteiger partial charge in [0, 0.05) is 41.5 Å². The van der Waals surface area contributed by atoms with Crippen molar-refractivity contribution >= 4 is 0 Å². The Morgan fingerprint density at radius 3 is 2.52 bits per heavy atom. The van der Waals surface area contributed by atoms with Gasteiger partial charge < -0.3 is 10.7 Å². The van der Waals surface area contributed by atoms with Crippen molar-refractivity contribution in [3.05, 3.63) is 27.8 Å². The van der Waals surface area contributed by atoms with Crippen LogP contribution >= 0.6 is 0 Å². The molecule has 0 radical (unpaired) electrons. The summed E-state index contributed by atoms with van der Waals surface area (Å²) in [6.07, 6.45) is 8.38. The molecule has 0 spiro atoms. The monoisotopic (exact) mass is 352 g/mol. The highest BCUT2D eigenvalue weighted by molar-refractivity contribution is 5.11. The topological polar surface area (TPSA) is 97.8 Å². The van der Waals surface area contributed by atoms with E-state index >= 15 is 0 Å². The second kappa shape index (κ2) is 11.2. The van der Waals surface area contributed by atoms with Gasteiger partial charge in [-0.3, -0.25) is 10.1 Å². The van der Waals surface area contributed by atoms with Gasteiger partial charge in [-0.2, -0.15) is 0 Å². The van der Waals surface area contributed by atoms with E-state index in [4.69, 9.17) is 5.73 Å². The van der Waals surface area contributed by atoms with Gasteiger partial charge in [-0.15, -0.1) is 0 Å². The Kier molecular flexibility index (Phi) is 9.71. The molecule has 25 heavy (non-hydrogen) atoms. The van der Waals surface area contributed by atoms with Crippen molar-refractivity contribution < 1.29 is 4.92 Å². The zero-order chi connectivity index (χ0) is 18.8. The number of nitrogens with one attached hydrogen (secondary N) is 1. The van der Waals surface area contributed by atoms with E-state index in [1.165, 1.54) is 0 Å². The fourth-order valence-electron chi connectivity index (χ4n) is 3.74. The van der Waals surface area contributed by atoms with Gasteiger partial charge in [0.1, 0.15) is 5.82 Å². The van der Waals surface area contributed by atoms with Crippen LogP contribution in [0.5, 0.6) is 0 Å². The molecular weight excluding hydrogens is 316 g/mol. The third-order valence-electron chi connectivity index (χ3n) is 5.36. The normalized spacial score (nSPS) is 22.6. The highest BCUT2D eigenvalue weighted by atomic mass is 16.6. The van der Waals surface area contributed by atoms with Crippen molar-refractivity contribution in [1.82, 2.24) is 9.97 Å². The summed E-state index contributed by atoms with van der Waals surface area (Å²) in [5, 5.41) is 10.9. The average molecular weight is 353 g/mol. The van der Waals surface area contributed by atoms with Crippen LogP contribution < -0.4 is 5.73 Å². The van der Waals surface area contributed by atoms with Crippen LogP contribution in [-0.4, -0.2) is 27.5 Å². The first kappa shape index (κ1) is 21.6. The molecule has 144 valence electrons. The number of imidazole rings is 1. The van der Waals surface area contributed by atoms with Gasteiger partial charge in [0.2, 0.25) is 6.04 Å². The second-order valence-corrected chi connectivity index (χ2v) is 7.00. The molecule has 0 bridgehead atoms. The third kappa shape index (κ3) is 6.42. The fourth-order valence-corrected chi connectivity index (χ4v) is 3.74. The molecule has 0 aromatic carbocycles. The lowest BCUT2D eigenvalue weighted by atomic mass is 9.84. The number of nitrogens with two attached hydrogens (primary N) is 1. The summed E-state index contributed by atoms with van der Waals surface area (Å²) < 4.78 is 0. The van der Waals surface area contributed by atoms with Gasteiger partial charge in [-0.25, -0.2) is 4.98 Å². The number of nitro groups is 1. The molecule has 1 aromatic rings. The van der Waals surface area contributed by atoms with Crippen LogP contribution in [0.4, 0.5) is 0 Å². The molecule has 6 nitrogen and oxygen atoms in total. The van der Waals surface area contributed by atoms with Gasteiger partial charge in [0.15, 0.2) is 0 Å². The number of aromatic amines is 1. The Morgan fingerprint density at radius 2 is 2.00 bits per heavy atom. The van der Waals surface area contributed by atoms with E-state index in [9.17, 15) is 10.1 Å². The van der Waals surface area contributed by atoms with E-state index in [1.54, 1.807) is 0 Å². The standard InChI is InChI=1S/C17H30N4O2.C2H6/c1-3-13(8-9-18)10-12(2)17-19-11-16(20-17)14-4-6-15(7-5-14)21(22)23;1-2/h11-15H,3-10,18H2,1-2H3,(H,19,20);1-2H3/t12-,13?,14?,15?;/m0./s1. The summed E-state index contributed by atoms with van der Waals surface area (Å²) in [7, 11) is 0. The summed E-state index contributed by atoms with van der Waals surface area (Å²) in [6.45, 7) is 9.17. The molecule has 1 aliphatic rings. The SMILES string of the molecule is CC.CCC(CCN)C[C@H](C)c1ncc(C2CCC([N+](=O)[O-])CC2)[nH]1. The van der Waals surface area contributed by atoms with Crippen LogP contribution in [0.1, 0.15) is 96.0 Å². The van der Waals surface area contributed by atoms with Crippen LogP contribution in [0.25, 0.3) is 0 Å². The van der Waals surface area contributed by atoms with Gasteiger partial charge in [-0.05, 0) is 38.1 Å². The lowest BCUT2D eigenvalue weighted by Crippen LogP contribution is -2.25. The minimum Gasteiger partial charge on any atom is -0.345 e. The van der Waals surface area contributed by atoms with Crippen LogP contribution in [0, 0.1) is 16.0 Å². The molecule has 0 saturated heterocycles. The lowest BCUT2D eigenvalue weighted by molar-refractivity contribution is -0.526. The van der Waals surface area contributed by atoms with Crippen molar-refractivity contribution in [2.24, 2.45) is 11.7 Å². The summed E-state index contributed by atoms with van der Waals surface area (Å²) >= 11 is 0. The highest BCUT2D eigenvalue weighted by Crippen LogP contribution is 2.34.